The molecule has 2 aromatic rings. The maximum atomic E-state index is 11.8. The number of anilines is 1. The highest BCUT2D eigenvalue weighted by atomic mass is 35.5. The number of carbonyl (C=O) groups is 1. The van der Waals surface area contributed by atoms with E-state index in [-0.39, 0.29) is 5.91 Å². The summed E-state index contributed by atoms with van der Waals surface area (Å²) in [4.78, 5) is 11.8. The molecule has 1 aliphatic heterocycles. The van der Waals surface area contributed by atoms with Gasteiger partial charge in [0.2, 0.25) is 0 Å². The zero-order chi connectivity index (χ0) is 11.8. The third-order valence-corrected chi connectivity index (χ3v) is 2.92. The van der Waals surface area contributed by atoms with Crippen molar-refractivity contribution < 1.29 is 4.79 Å². The topological polar surface area (TPSA) is 57.8 Å². The first kappa shape index (κ1) is 10.1. The first-order valence-electron chi connectivity index (χ1n) is 5.07. The predicted molar refractivity (Wildman–Crippen MR) is 66.5 cm³/mol. The Morgan fingerprint density at radius 3 is 2.88 bits per heavy atom. The molecule has 1 amide bonds. The van der Waals surface area contributed by atoms with Crippen LogP contribution < -0.4 is 5.32 Å². The van der Waals surface area contributed by atoms with Crippen molar-refractivity contribution in [3.8, 4) is 0 Å². The number of fused-ring (bicyclic) bond motifs is 1. The van der Waals surface area contributed by atoms with Crippen LogP contribution in [0.3, 0.4) is 0 Å². The molecule has 1 aromatic carbocycles. The minimum absolute atomic E-state index is 0.128. The van der Waals surface area contributed by atoms with Gasteiger partial charge in [-0.05, 0) is 12.1 Å². The van der Waals surface area contributed by atoms with Crippen LogP contribution in [0.2, 0.25) is 5.02 Å². The largest absolute Gasteiger partial charge is 0.321 e. The Kier molecular flexibility index (Phi) is 2.23. The van der Waals surface area contributed by atoms with Crippen molar-refractivity contribution in [1.29, 1.82) is 0 Å². The zero-order valence-electron chi connectivity index (χ0n) is 8.70. The summed E-state index contributed by atoms with van der Waals surface area (Å²) in [7, 11) is 0. The number of benzene rings is 1. The van der Waals surface area contributed by atoms with Crippen molar-refractivity contribution in [3.05, 3.63) is 46.7 Å². The monoisotopic (exact) mass is 245 g/mol. The lowest BCUT2D eigenvalue weighted by atomic mass is 10.1. The average molecular weight is 246 g/mol. The van der Waals surface area contributed by atoms with Gasteiger partial charge in [0.25, 0.3) is 5.91 Å². The molecule has 0 bridgehead atoms. The molecule has 0 spiro atoms. The van der Waals surface area contributed by atoms with Crippen LogP contribution in [0.15, 0.2) is 30.5 Å². The maximum Gasteiger partial charge on any atom is 0.256 e. The lowest BCUT2D eigenvalue weighted by Crippen LogP contribution is -2.03. The van der Waals surface area contributed by atoms with Crippen molar-refractivity contribution in [2.45, 2.75) is 0 Å². The van der Waals surface area contributed by atoms with Crippen LogP contribution in [-0.2, 0) is 4.79 Å². The summed E-state index contributed by atoms with van der Waals surface area (Å²) in [6, 6.07) is 7.53. The van der Waals surface area contributed by atoms with Gasteiger partial charge in [-0.25, -0.2) is 0 Å². The summed E-state index contributed by atoms with van der Waals surface area (Å²) in [6.45, 7) is 0. The molecule has 0 atom stereocenters. The number of amides is 1. The van der Waals surface area contributed by atoms with Crippen LogP contribution in [0.1, 0.15) is 11.3 Å². The fraction of sp³-hybridized carbons (Fsp3) is 0. The van der Waals surface area contributed by atoms with E-state index >= 15 is 0 Å². The summed E-state index contributed by atoms with van der Waals surface area (Å²) in [5.74, 6) is -0.128. The summed E-state index contributed by atoms with van der Waals surface area (Å²) >= 11 is 5.92. The number of rotatable bonds is 1. The number of H-pyrrole nitrogens is 1. The molecule has 0 aliphatic carbocycles. The first-order valence-corrected chi connectivity index (χ1v) is 5.45. The van der Waals surface area contributed by atoms with E-state index in [2.05, 4.69) is 15.5 Å². The number of aromatic nitrogens is 2. The molecule has 0 radical (unpaired) electrons. The number of para-hydroxylation sites is 1. The van der Waals surface area contributed by atoms with Gasteiger partial charge in [0.1, 0.15) is 0 Å². The zero-order valence-corrected chi connectivity index (χ0v) is 9.45. The highest BCUT2D eigenvalue weighted by Crippen LogP contribution is 2.33. The summed E-state index contributed by atoms with van der Waals surface area (Å²) in [6.07, 6.45) is 3.21. The Hall–Kier alpha value is -2.07. The molecule has 17 heavy (non-hydrogen) atoms. The van der Waals surface area contributed by atoms with Gasteiger partial charge >= 0.3 is 0 Å². The fourth-order valence-corrected chi connectivity index (χ4v) is 1.95. The van der Waals surface area contributed by atoms with Crippen LogP contribution >= 0.6 is 11.6 Å². The second kappa shape index (κ2) is 3.75. The molecule has 84 valence electrons. The van der Waals surface area contributed by atoms with Gasteiger partial charge in [0.15, 0.2) is 0 Å². The highest BCUT2D eigenvalue weighted by molar-refractivity contribution is 6.36. The third kappa shape index (κ3) is 1.62. The lowest BCUT2D eigenvalue weighted by molar-refractivity contribution is -0.110. The quantitative estimate of drug-likeness (QED) is 0.759. The smallest absolute Gasteiger partial charge is 0.256 e. The Morgan fingerprint density at radius 2 is 2.12 bits per heavy atom. The van der Waals surface area contributed by atoms with Crippen molar-refractivity contribution in [2.75, 3.05) is 5.32 Å². The Labute approximate surface area is 102 Å². The summed E-state index contributed by atoms with van der Waals surface area (Å²) in [5.41, 5.74) is 2.92. The lowest BCUT2D eigenvalue weighted by Gasteiger charge is -1.96. The van der Waals surface area contributed by atoms with Crippen LogP contribution in [-0.4, -0.2) is 16.1 Å². The van der Waals surface area contributed by atoms with Crippen LogP contribution in [0, 0.1) is 0 Å². The standard InChI is InChI=1S/C12H8ClN3O/c13-9-6-14-16-11(9)5-8-7-3-1-2-4-10(7)15-12(8)17/h1-6H,(H,14,16)(H,15,17)/b8-5+. The number of hydrogen-bond acceptors (Lipinski definition) is 2. The minimum atomic E-state index is -0.128. The summed E-state index contributed by atoms with van der Waals surface area (Å²) < 4.78 is 0. The molecule has 0 fully saturated rings. The van der Waals surface area contributed by atoms with Gasteiger partial charge in [0, 0.05) is 11.3 Å². The minimum Gasteiger partial charge on any atom is -0.321 e. The average Bonchev–Trinajstić information content (AvgIpc) is 2.85. The SMILES string of the molecule is O=C1Nc2ccccc2/C1=C\c1[nH]ncc1Cl. The predicted octanol–water partition coefficient (Wildman–Crippen LogP) is 2.56. The fourth-order valence-electron chi connectivity index (χ4n) is 1.81. The second-order valence-electron chi connectivity index (χ2n) is 3.69. The molecule has 2 N–H and O–H groups in total. The van der Waals surface area contributed by atoms with Crippen molar-refractivity contribution >= 4 is 34.8 Å². The van der Waals surface area contributed by atoms with Crippen LogP contribution in [0.4, 0.5) is 5.69 Å². The van der Waals surface area contributed by atoms with E-state index in [4.69, 9.17) is 11.6 Å². The van der Waals surface area contributed by atoms with Crippen LogP contribution in [0.25, 0.3) is 11.6 Å². The molecule has 3 rings (SSSR count). The number of nitrogens with one attached hydrogen (secondary N) is 2. The molecule has 5 heteroatoms. The van der Waals surface area contributed by atoms with Crippen molar-refractivity contribution in [2.24, 2.45) is 0 Å². The molecule has 1 aliphatic rings. The Bertz CT molecular complexity index is 630. The van der Waals surface area contributed by atoms with Crippen molar-refractivity contribution in [3.63, 3.8) is 0 Å². The highest BCUT2D eigenvalue weighted by Gasteiger charge is 2.23. The second-order valence-corrected chi connectivity index (χ2v) is 4.10. The van der Waals surface area contributed by atoms with Crippen LogP contribution in [0.5, 0.6) is 0 Å². The van der Waals surface area contributed by atoms with Gasteiger partial charge in [-0.15, -0.1) is 0 Å². The van der Waals surface area contributed by atoms with E-state index in [0.717, 1.165) is 11.3 Å². The van der Waals surface area contributed by atoms with Gasteiger partial charge in [-0.1, -0.05) is 29.8 Å². The van der Waals surface area contributed by atoms with E-state index in [0.29, 0.717) is 16.3 Å². The van der Waals surface area contributed by atoms with E-state index in [1.165, 1.54) is 6.20 Å². The number of hydrogen-bond donors (Lipinski definition) is 2. The summed E-state index contributed by atoms with van der Waals surface area (Å²) in [5, 5.41) is 9.85. The van der Waals surface area contributed by atoms with Gasteiger partial charge in [0.05, 0.1) is 22.5 Å². The molecule has 4 nitrogen and oxygen atoms in total. The maximum absolute atomic E-state index is 11.8. The van der Waals surface area contributed by atoms with E-state index in [1.54, 1.807) is 6.08 Å². The van der Waals surface area contributed by atoms with Crippen molar-refractivity contribution in [1.82, 2.24) is 10.2 Å². The normalized spacial score (nSPS) is 16.1. The Balaban J connectivity index is 2.13. The Morgan fingerprint density at radius 1 is 1.29 bits per heavy atom. The molecule has 1 aromatic heterocycles. The molecular formula is C12H8ClN3O. The first-order chi connectivity index (χ1) is 8.25. The van der Waals surface area contributed by atoms with E-state index < -0.39 is 0 Å². The number of nitrogens with zero attached hydrogens (tertiary/aromatic N) is 1. The van der Waals surface area contributed by atoms with Gasteiger partial charge < -0.3 is 5.32 Å². The van der Waals surface area contributed by atoms with Gasteiger partial charge in [-0.2, -0.15) is 5.10 Å². The van der Waals surface area contributed by atoms with E-state index in [1.807, 2.05) is 24.3 Å². The molecule has 0 saturated heterocycles. The number of carbonyl (C=O) groups excluding carboxylic acids is 1. The molecular weight excluding hydrogens is 238 g/mol. The van der Waals surface area contributed by atoms with E-state index in [9.17, 15) is 4.79 Å². The number of halogens is 1. The molecule has 2 heterocycles. The number of aromatic amines is 1. The van der Waals surface area contributed by atoms with Gasteiger partial charge in [-0.3, -0.25) is 9.89 Å². The molecule has 0 saturated carbocycles. The molecule has 0 unspecified atom stereocenters. The third-order valence-electron chi connectivity index (χ3n) is 2.62.